The molecule has 1 aliphatic carbocycles. The number of unbranched alkanes of at least 4 members (excludes halogenated alkanes) is 4. The van der Waals surface area contributed by atoms with Gasteiger partial charge in [-0.2, -0.15) is 0 Å². The molecule has 31 heavy (non-hydrogen) atoms. The van der Waals surface area contributed by atoms with E-state index < -0.39 is 0 Å². The van der Waals surface area contributed by atoms with Gasteiger partial charge in [-0.3, -0.25) is 4.79 Å². The Labute approximate surface area is 187 Å². The van der Waals surface area contributed by atoms with Gasteiger partial charge < -0.3 is 4.57 Å². The first-order chi connectivity index (χ1) is 15.2. The van der Waals surface area contributed by atoms with Crippen LogP contribution in [0.3, 0.4) is 0 Å². The summed E-state index contributed by atoms with van der Waals surface area (Å²) in [5.74, 6) is 1.02. The first-order valence-electron chi connectivity index (χ1n) is 11.8. The molecule has 1 aromatic carbocycles. The highest BCUT2D eigenvalue weighted by molar-refractivity contribution is 5.95. The van der Waals surface area contributed by atoms with Crippen LogP contribution in [-0.2, 0) is 6.54 Å². The number of hydrogen-bond acceptors (Lipinski definition) is 2. The van der Waals surface area contributed by atoms with Crippen molar-refractivity contribution in [2.24, 2.45) is 17.8 Å². The Kier molecular flexibility index (Phi) is 9.08. The van der Waals surface area contributed by atoms with Gasteiger partial charge in [0.2, 0.25) is 5.78 Å². The second-order valence-electron chi connectivity index (χ2n) is 8.67. The Bertz CT molecular complexity index is 875. The van der Waals surface area contributed by atoms with Crippen molar-refractivity contribution >= 4 is 5.78 Å². The molecule has 0 amide bonds. The van der Waals surface area contributed by atoms with E-state index in [4.69, 9.17) is 0 Å². The molecule has 0 saturated heterocycles. The maximum Gasteiger partial charge on any atom is 0.202 e. The van der Waals surface area contributed by atoms with Gasteiger partial charge in [0.05, 0.1) is 0 Å². The smallest absolute Gasteiger partial charge is 0.202 e. The van der Waals surface area contributed by atoms with Crippen LogP contribution in [0.25, 0.3) is 0 Å². The van der Waals surface area contributed by atoms with Gasteiger partial charge >= 0.3 is 0 Å². The molecule has 3 heteroatoms. The molecule has 0 fully saturated rings. The van der Waals surface area contributed by atoms with Crippen LogP contribution in [0.4, 0.5) is 0 Å². The number of allylic oxidation sites excluding steroid dienone is 6. The summed E-state index contributed by atoms with van der Waals surface area (Å²) in [7, 11) is 0. The number of benzene rings is 1. The van der Waals surface area contributed by atoms with Crippen molar-refractivity contribution < 1.29 is 4.79 Å². The monoisotopic (exact) mass is 416 g/mol. The molecule has 0 aliphatic heterocycles. The van der Waals surface area contributed by atoms with Gasteiger partial charge in [0.15, 0.2) is 5.82 Å². The minimum absolute atomic E-state index is 0.0926. The molecule has 3 rings (SSSR count). The minimum atomic E-state index is -0.101. The third-order valence-corrected chi connectivity index (χ3v) is 6.23. The molecule has 1 heterocycles. The molecule has 0 spiro atoms. The molecule has 1 aliphatic rings. The molecule has 0 bridgehead atoms. The highest BCUT2D eigenvalue weighted by atomic mass is 16.1. The van der Waals surface area contributed by atoms with Gasteiger partial charge in [-0.1, -0.05) is 113 Å². The molecular formula is C28H36N2O. The normalized spacial score (nSPS) is 15.7. The highest BCUT2D eigenvalue weighted by Crippen LogP contribution is 2.32. The van der Waals surface area contributed by atoms with E-state index in [1.165, 1.54) is 37.7 Å². The Morgan fingerprint density at radius 2 is 1.71 bits per heavy atom. The van der Waals surface area contributed by atoms with E-state index >= 15 is 0 Å². The van der Waals surface area contributed by atoms with Gasteiger partial charge in [0.1, 0.15) is 0 Å². The van der Waals surface area contributed by atoms with E-state index in [1.807, 2.05) is 41.1 Å². The average molecular weight is 417 g/mol. The lowest BCUT2D eigenvalue weighted by molar-refractivity contribution is 0.0832. The van der Waals surface area contributed by atoms with Gasteiger partial charge in [0, 0.05) is 30.8 Å². The maximum absolute atomic E-state index is 13.8. The molecule has 0 saturated carbocycles. The summed E-state index contributed by atoms with van der Waals surface area (Å²) in [4.78, 5) is 18.3. The van der Waals surface area contributed by atoms with Gasteiger partial charge in [-0.25, -0.2) is 4.98 Å². The van der Waals surface area contributed by atoms with Crippen LogP contribution >= 0.6 is 0 Å². The fourth-order valence-corrected chi connectivity index (χ4v) is 4.47. The zero-order valence-corrected chi connectivity index (χ0v) is 19.0. The number of imidazole rings is 1. The zero-order valence-electron chi connectivity index (χ0n) is 19.0. The molecule has 164 valence electrons. The van der Waals surface area contributed by atoms with Crippen molar-refractivity contribution in [3.05, 3.63) is 90.6 Å². The van der Waals surface area contributed by atoms with Crippen molar-refractivity contribution in [2.45, 2.75) is 58.9 Å². The summed E-state index contributed by atoms with van der Waals surface area (Å²) in [5, 5.41) is 0. The summed E-state index contributed by atoms with van der Waals surface area (Å²) >= 11 is 0. The topological polar surface area (TPSA) is 34.9 Å². The fraction of sp³-hybridized carbons (Fsp3) is 0.429. The number of ketones is 1. The van der Waals surface area contributed by atoms with Crippen LogP contribution in [0.2, 0.25) is 0 Å². The van der Waals surface area contributed by atoms with Crippen molar-refractivity contribution in [1.29, 1.82) is 0 Å². The van der Waals surface area contributed by atoms with Crippen LogP contribution in [0.1, 0.15) is 68.6 Å². The summed E-state index contributed by atoms with van der Waals surface area (Å²) in [5.41, 5.74) is 1.17. The molecule has 1 unspecified atom stereocenters. The highest BCUT2D eigenvalue weighted by Gasteiger charge is 2.33. The lowest BCUT2D eigenvalue weighted by Gasteiger charge is -2.27. The molecular weight excluding hydrogens is 380 g/mol. The van der Waals surface area contributed by atoms with Crippen molar-refractivity contribution in [1.82, 2.24) is 9.55 Å². The fourth-order valence-electron chi connectivity index (χ4n) is 4.47. The number of nitrogens with zero attached hydrogens (tertiary/aromatic N) is 2. The van der Waals surface area contributed by atoms with Crippen LogP contribution in [-0.4, -0.2) is 15.3 Å². The van der Waals surface area contributed by atoms with E-state index in [9.17, 15) is 4.79 Å². The molecule has 0 radical (unpaired) electrons. The SMILES string of the molecule is CCCCCCC[C@@H](C)C(C(=O)c1nccn1Cc1ccccc1)C1C=CC=CC=C1. The van der Waals surface area contributed by atoms with Crippen LogP contribution in [0, 0.1) is 17.8 Å². The minimum Gasteiger partial charge on any atom is -0.324 e. The molecule has 0 N–H and O–H groups in total. The van der Waals surface area contributed by atoms with Crippen molar-refractivity contribution in [3.63, 3.8) is 0 Å². The van der Waals surface area contributed by atoms with Crippen LogP contribution < -0.4 is 0 Å². The van der Waals surface area contributed by atoms with E-state index in [-0.39, 0.29) is 17.6 Å². The Morgan fingerprint density at radius 1 is 1.00 bits per heavy atom. The lowest BCUT2D eigenvalue weighted by Crippen LogP contribution is -2.30. The number of rotatable bonds is 12. The maximum atomic E-state index is 13.8. The number of carbonyl (C=O) groups is 1. The summed E-state index contributed by atoms with van der Waals surface area (Å²) in [6, 6.07) is 10.3. The predicted molar refractivity (Wildman–Crippen MR) is 129 cm³/mol. The Morgan fingerprint density at radius 3 is 2.42 bits per heavy atom. The lowest BCUT2D eigenvalue weighted by atomic mass is 9.76. The molecule has 3 nitrogen and oxygen atoms in total. The third kappa shape index (κ3) is 6.65. The van der Waals surface area contributed by atoms with Gasteiger partial charge in [0.25, 0.3) is 0 Å². The van der Waals surface area contributed by atoms with Gasteiger partial charge in [-0.05, 0) is 17.9 Å². The Hall–Kier alpha value is -2.68. The summed E-state index contributed by atoms with van der Waals surface area (Å²) in [6.07, 6.45) is 23.6. The summed E-state index contributed by atoms with van der Waals surface area (Å²) < 4.78 is 2.00. The molecule has 2 atom stereocenters. The number of Topliss-reactive ketones (excluding diaryl/α,β-unsaturated/α-hetero) is 1. The summed E-state index contributed by atoms with van der Waals surface area (Å²) in [6.45, 7) is 5.15. The van der Waals surface area contributed by atoms with E-state index in [1.54, 1.807) is 6.20 Å². The first-order valence-corrected chi connectivity index (χ1v) is 11.8. The van der Waals surface area contributed by atoms with Crippen molar-refractivity contribution in [2.75, 3.05) is 0 Å². The largest absolute Gasteiger partial charge is 0.324 e. The Balaban J connectivity index is 1.78. The molecule has 2 aromatic rings. The van der Waals surface area contributed by atoms with E-state index in [0.717, 1.165) is 6.42 Å². The predicted octanol–water partition coefficient (Wildman–Crippen LogP) is 7.03. The standard InChI is InChI=1S/C28H36N2O/c1-3-4-5-6-10-15-23(2)26(25-18-13-7-8-14-19-25)27(31)28-29-20-21-30(28)22-24-16-11-9-12-17-24/h7-9,11-14,16-21,23,25-26H,3-6,10,15,22H2,1-2H3/t23-,26?/m1/s1. The van der Waals surface area contributed by atoms with Gasteiger partial charge in [-0.15, -0.1) is 0 Å². The van der Waals surface area contributed by atoms with E-state index in [2.05, 4.69) is 55.3 Å². The number of aromatic nitrogens is 2. The first kappa shape index (κ1) is 23.0. The van der Waals surface area contributed by atoms with Crippen LogP contribution in [0.5, 0.6) is 0 Å². The van der Waals surface area contributed by atoms with E-state index in [0.29, 0.717) is 18.3 Å². The third-order valence-electron chi connectivity index (χ3n) is 6.23. The zero-order chi connectivity index (χ0) is 21.9. The number of hydrogen-bond donors (Lipinski definition) is 0. The average Bonchev–Trinajstić information content (AvgIpc) is 3.08. The molecule has 1 aromatic heterocycles. The van der Waals surface area contributed by atoms with Crippen LogP contribution in [0.15, 0.2) is 79.2 Å². The second kappa shape index (κ2) is 12.2. The quantitative estimate of drug-likeness (QED) is 0.275. The number of carbonyl (C=O) groups excluding carboxylic acids is 1. The second-order valence-corrected chi connectivity index (χ2v) is 8.67. The van der Waals surface area contributed by atoms with Crippen molar-refractivity contribution in [3.8, 4) is 0 Å².